The lowest BCUT2D eigenvalue weighted by atomic mass is 9.56. The summed E-state index contributed by atoms with van der Waals surface area (Å²) in [6, 6.07) is 13.3. The topological polar surface area (TPSA) is 37.3 Å². The molecule has 0 bridgehead atoms. The lowest BCUT2D eigenvalue weighted by molar-refractivity contribution is -0.143. The summed E-state index contributed by atoms with van der Waals surface area (Å²) in [6.07, 6.45) is 5.06. The highest BCUT2D eigenvalue weighted by Crippen LogP contribution is 2.54. The van der Waals surface area contributed by atoms with Gasteiger partial charge in [0.25, 0.3) is 0 Å². The van der Waals surface area contributed by atoms with Gasteiger partial charge in [-0.1, -0.05) is 62.6 Å². The van der Waals surface area contributed by atoms with Crippen molar-refractivity contribution >= 4 is 5.97 Å². The van der Waals surface area contributed by atoms with Crippen LogP contribution in [0.15, 0.2) is 48.5 Å². The van der Waals surface area contributed by atoms with Crippen molar-refractivity contribution in [3.63, 3.8) is 0 Å². The normalized spacial score (nSPS) is 24.8. The second-order valence-corrected chi connectivity index (χ2v) is 7.98. The highest BCUT2D eigenvalue weighted by Gasteiger charge is 2.48. The molecule has 2 aromatic carbocycles. The molecule has 3 rings (SSSR count). The second-order valence-electron chi connectivity index (χ2n) is 7.98. The van der Waals surface area contributed by atoms with Crippen LogP contribution in [0.2, 0.25) is 0 Å². The van der Waals surface area contributed by atoms with Crippen molar-refractivity contribution in [2.75, 3.05) is 0 Å². The number of rotatable bonds is 7. The van der Waals surface area contributed by atoms with E-state index in [0.717, 1.165) is 25.7 Å². The standard InChI is InChI=1S/C24H28F2O2/c1-2-3-8-14-24(19-10-5-7-12-22(19)26)15-13-17(23(27)28)16-20(24)18-9-4-6-11-21(18)25/h4-7,9-12,17,20H,2-3,8,13-16H2,1H3,(H,27,28). The minimum atomic E-state index is -0.850. The maximum Gasteiger partial charge on any atom is 0.306 e. The summed E-state index contributed by atoms with van der Waals surface area (Å²) in [7, 11) is 0. The molecule has 0 aliphatic heterocycles. The molecule has 1 saturated carbocycles. The number of carboxylic acids is 1. The Bertz CT molecular complexity index is 820. The average molecular weight is 386 g/mol. The zero-order chi connectivity index (χ0) is 20.1. The third-order valence-electron chi connectivity index (χ3n) is 6.39. The van der Waals surface area contributed by atoms with Gasteiger partial charge in [0.2, 0.25) is 0 Å². The van der Waals surface area contributed by atoms with Gasteiger partial charge in [-0.05, 0) is 54.9 Å². The number of halogens is 2. The predicted octanol–water partition coefficient (Wildman–Crippen LogP) is 6.45. The predicted molar refractivity (Wildman–Crippen MR) is 106 cm³/mol. The van der Waals surface area contributed by atoms with E-state index < -0.39 is 17.3 Å². The lowest BCUT2D eigenvalue weighted by Crippen LogP contribution is -2.42. The number of benzene rings is 2. The Kier molecular flexibility index (Phi) is 6.48. The molecule has 2 nitrogen and oxygen atoms in total. The molecule has 150 valence electrons. The number of aliphatic carboxylic acids is 1. The smallest absolute Gasteiger partial charge is 0.306 e. The third-order valence-corrected chi connectivity index (χ3v) is 6.39. The molecular formula is C24H28F2O2. The van der Waals surface area contributed by atoms with Crippen molar-refractivity contribution in [3.05, 3.63) is 71.3 Å². The Labute approximate surface area is 165 Å². The SMILES string of the molecule is CCCCCC1(c2ccccc2F)CCC(C(=O)O)CC1c1ccccc1F. The van der Waals surface area contributed by atoms with E-state index >= 15 is 0 Å². The van der Waals surface area contributed by atoms with Crippen molar-refractivity contribution in [3.8, 4) is 0 Å². The van der Waals surface area contributed by atoms with Crippen LogP contribution in [0.5, 0.6) is 0 Å². The maximum absolute atomic E-state index is 15.0. The summed E-state index contributed by atoms with van der Waals surface area (Å²) >= 11 is 0. The molecule has 0 radical (unpaired) electrons. The molecule has 0 spiro atoms. The van der Waals surface area contributed by atoms with E-state index in [1.165, 1.54) is 12.1 Å². The van der Waals surface area contributed by atoms with Gasteiger partial charge in [-0.2, -0.15) is 0 Å². The molecule has 4 heteroatoms. The fraction of sp³-hybridized carbons (Fsp3) is 0.458. The van der Waals surface area contributed by atoms with Crippen molar-refractivity contribution in [1.82, 2.24) is 0 Å². The molecule has 3 atom stereocenters. The van der Waals surface area contributed by atoms with Crippen LogP contribution in [0.3, 0.4) is 0 Å². The summed E-state index contributed by atoms with van der Waals surface area (Å²) in [5.41, 5.74) is 0.519. The Morgan fingerprint density at radius 2 is 1.75 bits per heavy atom. The van der Waals surface area contributed by atoms with Gasteiger partial charge in [-0.3, -0.25) is 4.79 Å². The van der Waals surface area contributed by atoms with Crippen LogP contribution in [0, 0.1) is 17.6 Å². The molecule has 2 aromatic rings. The highest BCUT2D eigenvalue weighted by molar-refractivity contribution is 5.70. The zero-order valence-corrected chi connectivity index (χ0v) is 16.3. The quantitative estimate of drug-likeness (QED) is 0.555. The number of unbranched alkanes of at least 4 members (excludes halogenated alkanes) is 2. The summed E-state index contributed by atoms with van der Waals surface area (Å²) in [6.45, 7) is 2.12. The molecule has 0 aromatic heterocycles. The molecule has 1 fully saturated rings. The summed E-state index contributed by atoms with van der Waals surface area (Å²) in [5, 5.41) is 9.61. The third kappa shape index (κ3) is 3.96. The fourth-order valence-corrected chi connectivity index (χ4v) is 4.95. The highest BCUT2D eigenvalue weighted by atomic mass is 19.1. The van der Waals surface area contributed by atoms with Crippen LogP contribution >= 0.6 is 0 Å². The van der Waals surface area contributed by atoms with E-state index in [2.05, 4.69) is 6.92 Å². The molecule has 1 aliphatic carbocycles. The minimum Gasteiger partial charge on any atom is -0.481 e. The zero-order valence-electron chi connectivity index (χ0n) is 16.3. The lowest BCUT2D eigenvalue weighted by Gasteiger charge is -2.47. The monoisotopic (exact) mass is 386 g/mol. The molecule has 28 heavy (non-hydrogen) atoms. The van der Waals surface area contributed by atoms with E-state index in [1.54, 1.807) is 30.3 Å². The fourth-order valence-electron chi connectivity index (χ4n) is 4.95. The van der Waals surface area contributed by atoms with Crippen LogP contribution in [-0.4, -0.2) is 11.1 Å². The van der Waals surface area contributed by atoms with Gasteiger partial charge >= 0.3 is 5.97 Å². The van der Waals surface area contributed by atoms with E-state index in [9.17, 15) is 18.7 Å². The van der Waals surface area contributed by atoms with Crippen LogP contribution in [-0.2, 0) is 10.2 Å². The van der Waals surface area contributed by atoms with Crippen molar-refractivity contribution in [1.29, 1.82) is 0 Å². The second kappa shape index (κ2) is 8.85. The molecule has 0 amide bonds. The summed E-state index contributed by atoms with van der Waals surface area (Å²) < 4.78 is 29.8. The van der Waals surface area contributed by atoms with E-state index in [1.807, 2.05) is 6.07 Å². The van der Waals surface area contributed by atoms with Gasteiger partial charge in [0.05, 0.1) is 5.92 Å². The number of carboxylic acid groups (broad SMARTS) is 1. The Morgan fingerprint density at radius 1 is 1.07 bits per heavy atom. The molecule has 0 heterocycles. The van der Waals surface area contributed by atoms with E-state index in [-0.39, 0.29) is 17.6 Å². The summed E-state index contributed by atoms with van der Waals surface area (Å²) in [4.78, 5) is 11.7. The maximum atomic E-state index is 15.0. The first kappa shape index (κ1) is 20.5. The number of carbonyl (C=O) groups is 1. The van der Waals surface area contributed by atoms with Crippen LogP contribution < -0.4 is 0 Å². The molecular weight excluding hydrogens is 358 g/mol. The molecule has 0 saturated heterocycles. The molecule has 3 unspecified atom stereocenters. The van der Waals surface area contributed by atoms with Crippen LogP contribution in [0.25, 0.3) is 0 Å². The van der Waals surface area contributed by atoms with Gasteiger partial charge in [0.1, 0.15) is 11.6 Å². The van der Waals surface area contributed by atoms with Gasteiger partial charge < -0.3 is 5.11 Å². The Hall–Kier alpha value is -2.23. The van der Waals surface area contributed by atoms with Gasteiger partial charge in [0, 0.05) is 5.41 Å². The van der Waals surface area contributed by atoms with Crippen molar-refractivity contribution < 1.29 is 18.7 Å². The average Bonchev–Trinajstić information content (AvgIpc) is 2.69. The van der Waals surface area contributed by atoms with Crippen molar-refractivity contribution in [2.24, 2.45) is 5.92 Å². The van der Waals surface area contributed by atoms with E-state index in [0.29, 0.717) is 30.4 Å². The summed E-state index contributed by atoms with van der Waals surface area (Å²) in [5.74, 6) is -2.37. The first-order valence-corrected chi connectivity index (χ1v) is 10.2. The largest absolute Gasteiger partial charge is 0.481 e. The first-order chi connectivity index (χ1) is 13.5. The Morgan fingerprint density at radius 3 is 2.39 bits per heavy atom. The van der Waals surface area contributed by atoms with E-state index in [4.69, 9.17) is 0 Å². The number of hydrogen-bond acceptors (Lipinski definition) is 1. The molecule has 1 N–H and O–H groups in total. The minimum absolute atomic E-state index is 0.283. The van der Waals surface area contributed by atoms with Crippen molar-refractivity contribution in [2.45, 2.75) is 63.2 Å². The van der Waals surface area contributed by atoms with Gasteiger partial charge in [-0.15, -0.1) is 0 Å². The Balaban J connectivity index is 2.14. The molecule has 1 aliphatic rings. The van der Waals surface area contributed by atoms with Crippen LogP contribution in [0.1, 0.15) is 68.9 Å². The van der Waals surface area contributed by atoms with Gasteiger partial charge in [0.15, 0.2) is 0 Å². The number of hydrogen-bond donors (Lipinski definition) is 1. The van der Waals surface area contributed by atoms with Crippen LogP contribution in [0.4, 0.5) is 8.78 Å². The van der Waals surface area contributed by atoms with Gasteiger partial charge in [-0.25, -0.2) is 8.78 Å². The first-order valence-electron chi connectivity index (χ1n) is 10.2.